The van der Waals surface area contributed by atoms with Crippen LogP contribution in [0.2, 0.25) is 5.02 Å². The van der Waals surface area contributed by atoms with Crippen molar-refractivity contribution >= 4 is 23.4 Å². The van der Waals surface area contributed by atoms with Gasteiger partial charge in [-0.15, -0.1) is 0 Å². The highest BCUT2D eigenvalue weighted by Gasteiger charge is 2.28. The monoisotopic (exact) mass is 413 g/mol. The summed E-state index contributed by atoms with van der Waals surface area (Å²) in [7, 11) is 0. The summed E-state index contributed by atoms with van der Waals surface area (Å²) < 4.78 is 20.8. The number of benzene rings is 1. The number of hydrogen-bond donors (Lipinski definition) is 1. The Bertz CT molecular complexity index is 997. The van der Waals surface area contributed by atoms with E-state index >= 15 is 4.39 Å². The molecule has 0 spiro atoms. The maximum absolute atomic E-state index is 15.0. The van der Waals surface area contributed by atoms with E-state index in [1.807, 2.05) is 13.0 Å². The Kier molecular flexibility index (Phi) is 5.60. The lowest BCUT2D eigenvalue weighted by Crippen LogP contribution is -2.32. The third kappa shape index (κ3) is 4.16. The van der Waals surface area contributed by atoms with Gasteiger partial charge in [0.2, 0.25) is 5.95 Å². The predicted octanol–water partition coefficient (Wildman–Crippen LogP) is 4.19. The van der Waals surface area contributed by atoms with E-state index in [0.29, 0.717) is 47.3 Å². The summed E-state index contributed by atoms with van der Waals surface area (Å²) >= 11 is 6.63. The highest BCUT2D eigenvalue weighted by Crippen LogP contribution is 2.36. The molecule has 6 nitrogen and oxygen atoms in total. The van der Waals surface area contributed by atoms with Crippen LogP contribution in [0, 0.1) is 12.7 Å². The molecule has 0 radical (unpaired) electrons. The number of pyridine rings is 1. The molecule has 0 aliphatic carbocycles. The number of aryl methyl sites for hydroxylation is 1. The van der Waals surface area contributed by atoms with Crippen LogP contribution in [0.1, 0.15) is 23.7 Å². The Labute approximate surface area is 173 Å². The summed E-state index contributed by atoms with van der Waals surface area (Å²) in [6, 6.07) is 8.26. The third-order valence-electron chi connectivity index (χ3n) is 4.91. The van der Waals surface area contributed by atoms with Gasteiger partial charge < -0.3 is 15.4 Å². The molecule has 1 fully saturated rings. The number of nitrogen functional groups attached to an aromatic ring is 1. The van der Waals surface area contributed by atoms with Gasteiger partial charge in [0.15, 0.2) is 0 Å². The fourth-order valence-electron chi connectivity index (χ4n) is 3.59. The van der Waals surface area contributed by atoms with Crippen molar-refractivity contribution in [2.45, 2.75) is 19.4 Å². The molecular formula is C21H21ClFN5O. The van der Waals surface area contributed by atoms with E-state index in [1.54, 1.807) is 30.6 Å². The van der Waals surface area contributed by atoms with Crippen molar-refractivity contribution < 1.29 is 9.13 Å². The van der Waals surface area contributed by atoms with E-state index in [0.717, 1.165) is 12.1 Å². The van der Waals surface area contributed by atoms with Gasteiger partial charge in [-0.05, 0) is 37.1 Å². The maximum Gasteiger partial charge on any atom is 0.222 e. The molecule has 150 valence electrons. The van der Waals surface area contributed by atoms with Gasteiger partial charge in [0.05, 0.1) is 12.6 Å². The van der Waals surface area contributed by atoms with Gasteiger partial charge in [-0.1, -0.05) is 17.7 Å². The van der Waals surface area contributed by atoms with Gasteiger partial charge in [0.25, 0.3) is 0 Å². The molecule has 29 heavy (non-hydrogen) atoms. The number of rotatable bonds is 3. The standard InChI is InChI=1S/C21H21ClFN5O/c1-13-8-20(27-21(24)26-13)28-6-3-7-29-12-19(28)16-10-18(23)15(9-17(16)22)14-4-2-5-25-11-14/h2,4-5,8-11,19H,3,6-7,12H2,1H3,(H2,24,26,27). The van der Waals surface area contributed by atoms with E-state index in [9.17, 15) is 0 Å². The van der Waals surface area contributed by atoms with Crippen molar-refractivity contribution in [3.05, 3.63) is 64.8 Å². The smallest absolute Gasteiger partial charge is 0.222 e. The molecule has 1 atom stereocenters. The number of nitrogens with zero attached hydrogens (tertiary/aromatic N) is 4. The zero-order valence-corrected chi connectivity index (χ0v) is 16.7. The number of nitrogens with two attached hydrogens (primary N) is 1. The predicted molar refractivity (Wildman–Crippen MR) is 111 cm³/mol. The first-order valence-electron chi connectivity index (χ1n) is 9.38. The molecule has 2 aromatic heterocycles. The molecule has 3 aromatic rings. The lowest BCUT2D eigenvalue weighted by atomic mass is 10.00. The zero-order valence-electron chi connectivity index (χ0n) is 16.0. The van der Waals surface area contributed by atoms with Crippen LogP contribution in [0.5, 0.6) is 0 Å². The molecule has 8 heteroatoms. The Morgan fingerprint density at radius 1 is 1.28 bits per heavy atom. The molecule has 1 aromatic carbocycles. The maximum atomic E-state index is 15.0. The number of hydrogen-bond acceptors (Lipinski definition) is 6. The molecule has 2 N–H and O–H groups in total. The fraction of sp³-hybridized carbons (Fsp3) is 0.286. The van der Waals surface area contributed by atoms with Gasteiger partial charge in [0, 0.05) is 53.5 Å². The van der Waals surface area contributed by atoms with Crippen LogP contribution in [0.3, 0.4) is 0 Å². The highest BCUT2D eigenvalue weighted by atomic mass is 35.5. The fourth-order valence-corrected chi connectivity index (χ4v) is 3.88. The SMILES string of the molecule is Cc1cc(N2CCCOCC2c2cc(F)c(-c3cccnc3)cc2Cl)nc(N)n1. The number of anilines is 2. The quantitative estimate of drug-likeness (QED) is 0.693. The summed E-state index contributed by atoms with van der Waals surface area (Å²) in [6.45, 7) is 3.53. The van der Waals surface area contributed by atoms with Crippen molar-refractivity contribution in [1.29, 1.82) is 0 Å². The van der Waals surface area contributed by atoms with Crippen molar-refractivity contribution in [3.8, 4) is 11.1 Å². The van der Waals surface area contributed by atoms with Gasteiger partial charge in [-0.2, -0.15) is 4.98 Å². The minimum Gasteiger partial charge on any atom is -0.379 e. The second-order valence-electron chi connectivity index (χ2n) is 6.96. The average molecular weight is 414 g/mol. The topological polar surface area (TPSA) is 77.2 Å². The zero-order chi connectivity index (χ0) is 20.4. The van der Waals surface area contributed by atoms with Gasteiger partial charge in [0.1, 0.15) is 11.6 Å². The lowest BCUT2D eigenvalue weighted by Gasteiger charge is -2.31. The van der Waals surface area contributed by atoms with Crippen LogP contribution >= 0.6 is 11.6 Å². The minimum atomic E-state index is -0.361. The summed E-state index contributed by atoms with van der Waals surface area (Å²) in [5.41, 5.74) is 8.35. The van der Waals surface area contributed by atoms with E-state index < -0.39 is 0 Å². The van der Waals surface area contributed by atoms with E-state index in [2.05, 4.69) is 19.9 Å². The first kappa shape index (κ1) is 19.5. The van der Waals surface area contributed by atoms with Crippen molar-refractivity contribution in [1.82, 2.24) is 15.0 Å². The second-order valence-corrected chi connectivity index (χ2v) is 7.37. The van der Waals surface area contributed by atoms with Crippen LogP contribution in [-0.2, 0) is 4.74 Å². The number of halogens is 2. The van der Waals surface area contributed by atoms with Crippen molar-refractivity contribution in [3.63, 3.8) is 0 Å². The van der Waals surface area contributed by atoms with Crippen molar-refractivity contribution in [2.24, 2.45) is 0 Å². The third-order valence-corrected chi connectivity index (χ3v) is 5.24. The first-order valence-corrected chi connectivity index (χ1v) is 9.75. The number of ether oxygens (including phenoxy) is 1. The molecule has 1 unspecified atom stereocenters. The summed E-state index contributed by atoms with van der Waals surface area (Å²) in [4.78, 5) is 14.6. The van der Waals surface area contributed by atoms with Crippen LogP contribution in [0.25, 0.3) is 11.1 Å². The minimum absolute atomic E-state index is 0.202. The van der Waals surface area contributed by atoms with Gasteiger partial charge in [-0.25, -0.2) is 9.37 Å². The summed E-state index contributed by atoms with van der Waals surface area (Å²) in [6.07, 6.45) is 4.07. The molecule has 0 amide bonds. The van der Waals surface area contributed by atoms with E-state index in [-0.39, 0.29) is 17.8 Å². The molecule has 0 saturated carbocycles. The molecule has 0 bridgehead atoms. The second kappa shape index (κ2) is 8.31. The number of aromatic nitrogens is 3. The Morgan fingerprint density at radius 3 is 2.90 bits per heavy atom. The first-order chi connectivity index (χ1) is 14.0. The Hall–Kier alpha value is -2.77. The highest BCUT2D eigenvalue weighted by molar-refractivity contribution is 6.31. The Balaban J connectivity index is 1.77. The van der Waals surface area contributed by atoms with E-state index in [1.165, 1.54) is 6.07 Å². The molecular weight excluding hydrogens is 393 g/mol. The average Bonchev–Trinajstić information content (AvgIpc) is 2.95. The molecule has 1 aliphatic rings. The molecule has 4 rings (SSSR count). The molecule has 1 aliphatic heterocycles. The van der Waals surface area contributed by atoms with E-state index in [4.69, 9.17) is 22.1 Å². The largest absolute Gasteiger partial charge is 0.379 e. The molecule has 3 heterocycles. The normalized spacial score (nSPS) is 17.2. The van der Waals surface area contributed by atoms with Crippen LogP contribution < -0.4 is 10.6 Å². The Morgan fingerprint density at radius 2 is 2.14 bits per heavy atom. The molecule has 1 saturated heterocycles. The van der Waals surface area contributed by atoms with Crippen molar-refractivity contribution in [2.75, 3.05) is 30.4 Å². The van der Waals surface area contributed by atoms with Crippen LogP contribution in [0.15, 0.2) is 42.7 Å². The summed E-state index contributed by atoms with van der Waals surface area (Å²) in [5, 5.41) is 0.463. The lowest BCUT2D eigenvalue weighted by molar-refractivity contribution is 0.134. The summed E-state index contributed by atoms with van der Waals surface area (Å²) in [5.74, 6) is 0.520. The van der Waals surface area contributed by atoms with Gasteiger partial charge in [-0.3, -0.25) is 4.98 Å². The van der Waals surface area contributed by atoms with Crippen LogP contribution in [-0.4, -0.2) is 34.7 Å². The van der Waals surface area contributed by atoms with Crippen LogP contribution in [0.4, 0.5) is 16.2 Å². The van der Waals surface area contributed by atoms with Gasteiger partial charge >= 0.3 is 0 Å².